The van der Waals surface area contributed by atoms with Crippen molar-refractivity contribution in [1.82, 2.24) is 0 Å². The highest BCUT2D eigenvalue weighted by Crippen LogP contribution is 2.25. The highest BCUT2D eigenvalue weighted by molar-refractivity contribution is 6.35. The Bertz CT molecular complexity index is 764. The Morgan fingerprint density at radius 1 is 1.12 bits per heavy atom. The molecule has 0 radical (unpaired) electrons. The zero-order valence-corrected chi connectivity index (χ0v) is 14.5. The van der Waals surface area contributed by atoms with Crippen molar-refractivity contribution in [3.05, 3.63) is 58.1 Å². The quantitative estimate of drug-likeness (QED) is 0.804. The van der Waals surface area contributed by atoms with Crippen molar-refractivity contribution in [2.24, 2.45) is 0 Å². The first-order chi connectivity index (χ1) is 11.4. The number of halogens is 2. The maximum atomic E-state index is 12.2. The smallest absolute Gasteiger partial charge is 0.339 e. The van der Waals surface area contributed by atoms with Crippen molar-refractivity contribution in [2.75, 3.05) is 12.4 Å². The van der Waals surface area contributed by atoms with Gasteiger partial charge in [-0.2, -0.15) is 0 Å². The highest BCUT2D eigenvalue weighted by atomic mass is 35.5. The van der Waals surface area contributed by atoms with Crippen LogP contribution in [-0.2, 0) is 9.53 Å². The standard InChI is InChI=1S/C17H15Cl2NO4/c1-10(16(21)20-15-9-12(18)6-7-14(15)19)24-17(22)11-4-3-5-13(8-11)23-2/h3-10H,1-2H3,(H,20,21)/t10-/m0/s1. The molecule has 0 bridgehead atoms. The number of benzene rings is 2. The molecular formula is C17H15Cl2NO4. The maximum Gasteiger partial charge on any atom is 0.339 e. The van der Waals surface area contributed by atoms with Gasteiger partial charge in [0.05, 0.1) is 23.4 Å². The summed E-state index contributed by atoms with van der Waals surface area (Å²) in [6.07, 6.45) is -1.02. The van der Waals surface area contributed by atoms with Gasteiger partial charge >= 0.3 is 5.97 Å². The van der Waals surface area contributed by atoms with Crippen LogP contribution in [0, 0.1) is 0 Å². The molecule has 0 aliphatic heterocycles. The molecular weight excluding hydrogens is 353 g/mol. The Kier molecular flexibility index (Phi) is 6.06. The molecule has 24 heavy (non-hydrogen) atoms. The third kappa shape index (κ3) is 4.63. The summed E-state index contributed by atoms with van der Waals surface area (Å²) in [6.45, 7) is 1.46. The summed E-state index contributed by atoms with van der Waals surface area (Å²) in [7, 11) is 1.50. The van der Waals surface area contributed by atoms with E-state index < -0.39 is 18.0 Å². The fourth-order valence-electron chi connectivity index (χ4n) is 1.86. The summed E-state index contributed by atoms with van der Waals surface area (Å²) in [4.78, 5) is 24.2. The molecule has 0 unspecified atom stereocenters. The first-order valence-electron chi connectivity index (χ1n) is 7.01. The molecule has 2 aromatic rings. The van der Waals surface area contributed by atoms with E-state index in [1.807, 2.05) is 0 Å². The molecule has 0 aromatic heterocycles. The molecule has 7 heteroatoms. The highest BCUT2D eigenvalue weighted by Gasteiger charge is 2.20. The van der Waals surface area contributed by atoms with Gasteiger partial charge in [0.1, 0.15) is 5.75 Å². The summed E-state index contributed by atoms with van der Waals surface area (Å²) in [6, 6.07) is 11.1. The van der Waals surface area contributed by atoms with E-state index in [0.29, 0.717) is 21.5 Å². The summed E-state index contributed by atoms with van der Waals surface area (Å²) >= 11 is 11.9. The lowest BCUT2D eigenvalue weighted by molar-refractivity contribution is -0.123. The van der Waals surface area contributed by atoms with E-state index in [4.69, 9.17) is 32.7 Å². The normalized spacial score (nSPS) is 11.5. The lowest BCUT2D eigenvalue weighted by Crippen LogP contribution is -2.30. The van der Waals surface area contributed by atoms with Gasteiger partial charge in [-0.1, -0.05) is 29.3 Å². The van der Waals surface area contributed by atoms with E-state index >= 15 is 0 Å². The Hall–Kier alpha value is -2.24. The largest absolute Gasteiger partial charge is 0.497 e. The van der Waals surface area contributed by atoms with Crippen LogP contribution in [-0.4, -0.2) is 25.1 Å². The minimum Gasteiger partial charge on any atom is -0.497 e. The molecule has 0 spiro atoms. The number of amides is 1. The van der Waals surface area contributed by atoms with E-state index in [1.165, 1.54) is 26.2 Å². The summed E-state index contributed by atoms with van der Waals surface area (Å²) < 4.78 is 10.2. The predicted molar refractivity (Wildman–Crippen MR) is 93.0 cm³/mol. The minimum atomic E-state index is -1.02. The van der Waals surface area contributed by atoms with Crippen molar-refractivity contribution in [1.29, 1.82) is 0 Å². The SMILES string of the molecule is COc1cccc(C(=O)O[C@@H](C)C(=O)Nc2cc(Cl)ccc2Cl)c1. The number of rotatable bonds is 5. The van der Waals surface area contributed by atoms with Crippen molar-refractivity contribution in [2.45, 2.75) is 13.0 Å². The first kappa shape index (κ1) is 18.1. The predicted octanol–water partition coefficient (Wildman–Crippen LogP) is 4.19. The van der Waals surface area contributed by atoms with Gasteiger partial charge in [-0.3, -0.25) is 4.79 Å². The molecule has 0 heterocycles. The topological polar surface area (TPSA) is 64.6 Å². The fraction of sp³-hybridized carbons (Fsp3) is 0.176. The van der Waals surface area contributed by atoms with E-state index in [-0.39, 0.29) is 5.56 Å². The van der Waals surface area contributed by atoms with Gasteiger partial charge in [-0.25, -0.2) is 4.79 Å². The monoisotopic (exact) mass is 367 g/mol. The number of esters is 1. The van der Waals surface area contributed by atoms with E-state index in [9.17, 15) is 9.59 Å². The Morgan fingerprint density at radius 3 is 2.58 bits per heavy atom. The van der Waals surface area contributed by atoms with E-state index in [2.05, 4.69) is 5.32 Å². The molecule has 126 valence electrons. The zero-order valence-electron chi connectivity index (χ0n) is 13.0. The maximum absolute atomic E-state index is 12.2. The molecule has 0 aliphatic rings. The van der Waals surface area contributed by atoms with E-state index in [0.717, 1.165) is 0 Å². The Morgan fingerprint density at radius 2 is 1.88 bits per heavy atom. The number of anilines is 1. The summed E-state index contributed by atoms with van der Waals surface area (Å²) in [5.41, 5.74) is 0.633. The molecule has 1 atom stereocenters. The number of hydrogen-bond donors (Lipinski definition) is 1. The Balaban J connectivity index is 2.02. The molecule has 0 saturated carbocycles. The minimum absolute atomic E-state index is 0.287. The third-order valence-electron chi connectivity index (χ3n) is 3.14. The molecule has 2 aromatic carbocycles. The van der Waals surface area contributed by atoms with Gasteiger partial charge in [0, 0.05) is 5.02 Å². The zero-order chi connectivity index (χ0) is 17.7. The van der Waals surface area contributed by atoms with Gasteiger partial charge in [-0.15, -0.1) is 0 Å². The molecule has 2 rings (SSSR count). The van der Waals surface area contributed by atoms with Gasteiger partial charge in [-0.05, 0) is 43.3 Å². The van der Waals surface area contributed by atoms with Crippen molar-refractivity contribution >= 4 is 40.8 Å². The van der Waals surface area contributed by atoms with Crippen LogP contribution in [0.4, 0.5) is 5.69 Å². The van der Waals surface area contributed by atoms with Crippen LogP contribution in [0.5, 0.6) is 5.75 Å². The number of carbonyl (C=O) groups excluding carboxylic acids is 2. The lowest BCUT2D eigenvalue weighted by atomic mass is 10.2. The number of carbonyl (C=O) groups is 2. The second-order valence-electron chi connectivity index (χ2n) is 4.89. The number of hydrogen-bond acceptors (Lipinski definition) is 4. The van der Waals surface area contributed by atoms with Gasteiger partial charge in [0.25, 0.3) is 5.91 Å². The lowest BCUT2D eigenvalue weighted by Gasteiger charge is -2.14. The van der Waals surface area contributed by atoms with Crippen LogP contribution < -0.4 is 10.1 Å². The van der Waals surface area contributed by atoms with Crippen LogP contribution in [0.1, 0.15) is 17.3 Å². The first-order valence-corrected chi connectivity index (χ1v) is 7.77. The molecule has 5 nitrogen and oxygen atoms in total. The van der Waals surface area contributed by atoms with Gasteiger partial charge in [0.2, 0.25) is 0 Å². The van der Waals surface area contributed by atoms with Crippen molar-refractivity contribution < 1.29 is 19.1 Å². The fourth-order valence-corrected chi connectivity index (χ4v) is 2.20. The van der Waals surface area contributed by atoms with Crippen LogP contribution in [0.3, 0.4) is 0 Å². The number of nitrogens with one attached hydrogen (secondary N) is 1. The second-order valence-corrected chi connectivity index (χ2v) is 5.74. The van der Waals surface area contributed by atoms with Crippen molar-refractivity contribution in [3.8, 4) is 5.75 Å². The third-order valence-corrected chi connectivity index (χ3v) is 3.71. The molecule has 1 N–H and O–H groups in total. The molecule has 0 aliphatic carbocycles. The molecule has 0 saturated heterocycles. The van der Waals surface area contributed by atoms with Crippen LogP contribution >= 0.6 is 23.2 Å². The van der Waals surface area contributed by atoms with E-state index in [1.54, 1.807) is 30.3 Å². The average Bonchev–Trinajstić information content (AvgIpc) is 2.58. The summed E-state index contributed by atoms with van der Waals surface area (Å²) in [5.74, 6) is -0.628. The van der Waals surface area contributed by atoms with Crippen LogP contribution in [0.25, 0.3) is 0 Å². The Labute approximate surface area is 149 Å². The van der Waals surface area contributed by atoms with Crippen LogP contribution in [0.15, 0.2) is 42.5 Å². The molecule has 1 amide bonds. The van der Waals surface area contributed by atoms with Crippen LogP contribution in [0.2, 0.25) is 10.0 Å². The summed E-state index contributed by atoms with van der Waals surface area (Å²) in [5, 5.41) is 3.33. The van der Waals surface area contributed by atoms with Crippen molar-refractivity contribution in [3.63, 3.8) is 0 Å². The number of methoxy groups -OCH3 is 1. The number of ether oxygens (including phenoxy) is 2. The van der Waals surface area contributed by atoms with Gasteiger partial charge in [0.15, 0.2) is 6.10 Å². The van der Waals surface area contributed by atoms with Gasteiger partial charge < -0.3 is 14.8 Å². The molecule has 0 fully saturated rings. The average molecular weight is 368 g/mol. The second kappa shape index (κ2) is 8.04.